The molecule has 1 atom stereocenters. The van der Waals surface area contributed by atoms with Crippen LogP contribution in [0.5, 0.6) is 5.75 Å². The number of nitrogens with two attached hydrogens (primary N) is 1. The van der Waals surface area contributed by atoms with Crippen molar-refractivity contribution in [2.24, 2.45) is 0 Å². The van der Waals surface area contributed by atoms with Gasteiger partial charge in [-0.05, 0) is 53.2 Å². The molecule has 0 saturated heterocycles. The average Bonchev–Trinajstić information content (AvgIpc) is 2.43. The Bertz CT molecular complexity index is 664. The number of hydrogen-bond acceptors (Lipinski definition) is 3. The molecule has 0 saturated carbocycles. The number of amides is 1. The molecule has 2 aromatic rings. The fraction of sp³-hybridized carbons (Fsp3) is 0.133. The second-order valence-electron chi connectivity index (χ2n) is 4.45. The molecule has 1 amide bonds. The third-order valence-corrected chi connectivity index (χ3v) is 3.38. The molecular weight excluding hydrogens is 339 g/mol. The van der Waals surface area contributed by atoms with Crippen molar-refractivity contribution >= 4 is 33.2 Å². The number of carbonyl (C=O) groups is 1. The maximum Gasteiger partial charge on any atom is 0.265 e. The summed E-state index contributed by atoms with van der Waals surface area (Å²) in [5, 5.41) is 2.68. The number of ether oxygens (including phenoxy) is 1. The molecule has 110 valence electrons. The van der Waals surface area contributed by atoms with E-state index in [1.807, 2.05) is 0 Å². The van der Waals surface area contributed by atoms with E-state index in [0.29, 0.717) is 15.8 Å². The van der Waals surface area contributed by atoms with Crippen molar-refractivity contribution in [1.82, 2.24) is 0 Å². The molecule has 0 bridgehead atoms. The Hall–Kier alpha value is -2.08. The van der Waals surface area contributed by atoms with Gasteiger partial charge in [0, 0.05) is 17.4 Å². The van der Waals surface area contributed by atoms with Crippen LogP contribution in [0.25, 0.3) is 0 Å². The van der Waals surface area contributed by atoms with Gasteiger partial charge < -0.3 is 15.8 Å². The van der Waals surface area contributed by atoms with E-state index in [2.05, 4.69) is 21.2 Å². The van der Waals surface area contributed by atoms with Gasteiger partial charge in [-0.15, -0.1) is 0 Å². The number of anilines is 2. The number of carbonyl (C=O) groups excluding carboxylic acids is 1. The Balaban J connectivity index is 2.04. The zero-order valence-corrected chi connectivity index (χ0v) is 12.9. The molecule has 2 aromatic carbocycles. The van der Waals surface area contributed by atoms with Gasteiger partial charge in [0.25, 0.3) is 5.91 Å². The number of nitrogens with one attached hydrogen (secondary N) is 1. The lowest BCUT2D eigenvalue weighted by Gasteiger charge is -2.16. The van der Waals surface area contributed by atoms with Gasteiger partial charge >= 0.3 is 0 Å². The predicted octanol–water partition coefficient (Wildman–Crippen LogP) is 3.58. The number of hydrogen-bond donors (Lipinski definition) is 2. The molecule has 0 aliphatic carbocycles. The fourth-order valence-corrected chi connectivity index (χ4v) is 2.01. The molecule has 1 unspecified atom stereocenters. The first-order valence-electron chi connectivity index (χ1n) is 6.24. The third-order valence-electron chi connectivity index (χ3n) is 2.72. The molecule has 3 N–H and O–H groups in total. The second kappa shape index (κ2) is 6.58. The van der Waals surface area contributed by atoms with Crippen LogP contribution in [0.2, 0.25) is 0 Å². The lowest BCUT2D eigenvalue weighted by Crippen LogP contribution is -2.30. The molecule has 0 fully saturated rings. The summed E-state index contributed by atoms with van der Waals surface area (Å²) in [4.78, 5) is 12.0. The summed E-state index contributed by atoms with van der Waals surface area (Å²) in [6, 6.07) is 10.9. The van der Waals surface area contributed by atoms with Gasteiger partial charge in [0.2, 0.25) is 0 Å². The zero-order chi connectivity index (χ0) is 15.4. The predicted molar refractivity (Wildman–Crippen MR) is 83.7 cm³/mol. The van der Waals surface area contributed by atoms with Gasteiger partial charge in [-0.1, -0.05) is 6.07 Å². The van der Waals surface area contributed by atoms with Crippen LogP contribution in [0.3, 0.4) is 0 Å². The van der Waals surface area contributed by atoms with Crippen LogP contribution >= 0.6 is 15.9 Å². The van der Waals surface area contributed by atoms with Gasteiger partial charge in [-0.2, -0.15) is 0 Å². The van der Waals surface area contributed by atoms with E-state index < -0.39 is 11.9 Å². The molecule has 0 spiro atoms. The van der Waals surface area contributed by atoms with Crippen LogP contribution in [0.15, 0.2) is 46.9 Å². The number of rotatable bonds is 4. The summed E-state index contributed by atoms with van der Waals surface area (Å²) < 4.78 is 19.2. The molecule has 0 aromatic heterocycles. The summed E-state index contributed by atoms with van der Waals surface area (Å²) in [5.41, 5.74) is 6.77. The first-order valence-corrected chi connectivity index (χ1v) is 7.03. The Morgan fingerprint density at radius 1 is 1.33 bits per heavy atom. The molecule has 0 aliphatic heterocycles. The minimum absolute atomic E-state index is 0.269. The van der Waals surface area contributed by atoms with Crippen molar-refractivity contribution in [3.63, 3.8) is 0 Å². The quantitative estimate of drug-likeness (QED) is 0.826. The maximum absolute atomic E-state index is 13.2. The van der Waals surface area contributed by atoms with Crippen LogP contribution in [-0.4, -0.2) is 12.0 Å². The molecular formula is C15H14BrFN2O2. The molecule has 2 rings (SSSR count). The lowest BCUT2D eigenvalue weighted by molar-refractivity contribution is -0.122. The SMILES string of the molecule is CC(Oc1cc(F)ccc1Br)C(=O)Nc1cccc(N)c1. The van der Waals surface area contributed by atoms with Crippen LogP contribution < -0.4 is 15.8 Å². The highest BCUT2D eigenvalue weighted by atomic mass is 79.9. The van der Waals surface area contributed by atoms with Crippen molar-refractivity contribution < 1.29 is 13.9 Å². The Morgan fingerprint density at radius 2 is 2.10 bits per heavy atom. The molecule has 0 heterocycles. The third kappa shape index (κ3) is 4.19. The Morgan fingerprint density at radius 3 is 2.81 bits per heavy atom. The smallest absolute Gasteiger partial charge is 0.265 e. The van der Waals surface area contributed by atoms with E-state index in [-0.39, 0.29) is 11.7 Å². The highest BCUT2D eigenvalue weighted by Crippen LogP contribution is 2.26. The zero-order valence-electron chi connectivity index (χ0n) is 11.3. The van der Waals surface area contributed by atoms with E-state index in [1.165, 1.54) is 18.2 Å². The molecule has 0 aliphatic rings. The lowest BCUT2D eigenvalue weighted by atomic mass is 10.2. The highest BCUT2D eigenvalue weighted by molar-refractivity contribution is 9.10. The first kappa shape index (κ1) is 15.3. The number of nitrogen functional groups attached to an aromatic ring is 1. The van der Waals surface area contributed by atoms with E-state index in [1.54, 1.807) is 31.2 Å². The summed E-state index contributed by atoms with van der Waals surface area (Å²) in [7, 11) is 0. The van der Waals surface area contributed by atoms with E-state index in [9.17, 15) is 9.18 Å². The van der Waals surface area contributed by atoms with Gasteiger partial charge in [0.1, 0.15) is 11.6 Å². The van der Waals surface area contributed by atoms with E-state index in [0.717, 1.165) is 0 Å². The molecule has 4 nitrogen and oxygen atoms in total. The van der Waals surface area contributed by atoms with E-state index >= 15 is 0 Å². The standard InChI is InChI=1S/C15H14BrFN2O2/c1-9(21-14-7-10(17)5-6-13(14)16)15(20)19-12-4-2-3-11(18)8-12/h2-9H,18H2,1H3,(H,19,20). The van der Waals surface area contributed by atoms with Gasteiger partial charge in [-0.25, -0.2) is 4.39 Å². The number of benzene rings is 2. The van der Waals surface area contributed by atoms with Crippen molar-refractivity contribution in [1.29, 1.82) is 0 Å². The monoisotopic (exact) mass is 352 g/mol. The largest absolute Gasteiger partial charge is 0.480 e. The van der Waals surface area contributed by atoms with Crippen LogP contribution in [0.1, 0.15) is 6.92 Å². The van der Waals surface area contributed by atoms with Crippen LogP contribution in [0.4, 0.5) is 15.8 Å². The molecule has 21 heavy (non-hydrogen) atoms. The van der Waals surface area contributed by atoms with Crippen LogP contribution in [0, 0.1) is 5.82 Å². The van der Waals surface area contributed by atoms with Gasteiger partial charge in [0.15, 0.2) is 6.10 Å². The van der Waals surface area contributed by atoms with Gasteiger partial charge in [0.05, 0.1) is 4.47 Å². The summed E-state index contributed by atoms with van der Waals surface area (Å²) in [5.74, 6) is -0.515. The molecule has 6 heteroatoms. The van der Waals surface area contributed by atoms with E-state index in [4.69, 9.17) is 10.5 Å². The fourth-order valence-electron chi connectivity index (χ4n) is 1.67. The minimum atomic E-state index is -0.787. The second-order valence-corrected chi connectivity index (χ2v) is 5.30. The Labute approximate surface area is 130 Å². The minimum Gasteiger partial charge on any atom is -0.480 e. The van der Waals surface area contributed by atoms with Gasteiger partial charge in [-0.3, -0.25) is 4.79 Å². The maximum atomic E-state index is 13.2. The number of halogens is 2. The van der Waals surface area contributed by atoms with Crippen molar-refractivity contribution in [2.75, 3.05) is 11.1 Å². The highest BCUT2D eigenvalue weighted by Gasteiger charge is 2.16. The normalized spacial score (nSPS) is 11.8. The summed E-state index contributed by atoms with van der Waals surface area (Å²) >= 11 is 3.24. The molecule has 0 radical (unpaired) electrons. The van der Waals surface area contributed by atoms with Crippen molar-refractivity contribution in [3.05, 3.63) is 52.8 Å². The average molecular weight is 353 g/mol. The summed E-state index contributed by atoms with van der Waals surface area (Å²) in [6.45, 7) is 1.58. The Kier molecular flexibility index (Phi) is 4.80. The first-order chi connectivity index (χ1) is 9.95. The van der Waals surface area contributed by atoms with Crippen LogP contribution in [-0.2, 0) is 4.79 Å². The van der Waals surface area contributed by atoms with Crippen molar-refractivity contribution in [3.8, 4) is 5.75 Å². The topological polar surface area (TPSA) is 64.3 Å². The van der Waals surface area contributed by atoms with Crippen molar-refractivity contribution in [2.45, 2.75) is 13.0 Å². The summed E-state index contributed by atoms with van der Waals surface area (Å²) in [6.07, 6.45) is -0.787.